The van der Waals surface area contributed by atoms with E-state index in [1.807, 2.05) is 19.0 Å². The lowest BCUT2D eigenvalue weighted by Gasteiger charge is -2.21. The summed E-state index contributed by atoms with van der Waals surface area (Å²) in [6, 6.07) is 15.4. The summed E-state index contributed by atoms with van der Waals surface area (Å²) in [5.74, 6) is -0.211. The fraction of sp³-hybridized carbons (Fsp3) is 0.294. The van der Waals surface area contributed by atoms with Crippen LogP contribution < -0.4 is 10.2 Å². The molecule has 0 saturated carbocycles. The number of rotatable bonds is 5. The Kier molecular flexibility index (Phi) is 4.74. The third-order valence-electron chi connectivity index (χ3n) is 3.65. The molecule has 0 amide bonds. The lowest BCUT2D eigenvalue weighted by Crippen LogP contribution is -2.15. The number of hydrogen-bond acceptors (Lipinski definition) is 2. The number of hydrogen-bond donors (Lipinski definition) is 1. The molecule has 1 unspecified atom stereocenters. The second-order valence-electron chi connectivity index (χ2n) is 4.88. The van der Waals surface area contributed by atoms with Crippen LogP contribution in [0, 0.1) is 5.82 Å². The van der Waals surface area contributed by atoms with Crippen molar-refractivity contribution in [2.45, 2.75) is 19.4 Å². The second-order valence-corrected chi connectivity index (χ2v) is 4.88. The minimum Gasteiger partial charge on any atom is -0.345 e. The molecule has 2 nitrogen and oxygen atoms in total. The Bertz CT molecular complexity index is 530. The number of benzene rings is 2. The van der Waals surface area contributed by atoms with Crippen LogP contribution in [0.2, 0.25) is 0 Å². The number of nitrogens with one attached hydrogen (secondary N) is 1. The summed E-state index contributed by atoms with van der Waals surface area (Å²) < 4.78 is 12.9. The molecule has 2 aromatic carbocycles. The molecule has 0 radical (unpaired) electrons. The Hall–Kier alpha value is -1.87. The fourth-order valence-electron chi connectivity index (χ4n) is 2.35. The molecule has 0 fully saturated rings. The van der Waals surface area contributed by atoms with E-state index in [1.54, 1.807) is 12.1 Å². The summed E-state index contributed by atoms with van der Waals surface area (Å²) >= 11 is 0. The van der Waals surface area contributed by atoms with Gasteiger partial charge in [0, 0.05) is 24.5 Å². The molecule has 2 aromatic rings. The van der Waals surface area contributed by atoms with Crippen molar-refractivity contribution in [2.24, 2.45) is 0 Å². The van der Waals surface area contributed by atoms with Gasteiger partial charge in [-0.15, -0.1) is 0 Å². The van der Waals surface area contributed by atoms with Gasteiger partial charge in [-0.1, -0.05) is 19.1 Å². The Morgan fingerprint density at radius 2 is 1.50 bits per heavy atom. The Balaban J connectivity index is 2.19. The molecule has 0 aromatic heterocycles. The predicted octanol–water partition coefficient (Wildman–Crippen LogP) is 4.26. The average molecular weight is 272 g/mol. The van der Waals surface area contributed by atoms with E-state index < -0.39 is 0 Å². The maximum atomic E-state index is 12.9. The zero-order valence-corrected chi connectivity index (χ0v) is 12.2. The topological polar surface area (TPSA) is 15.3 Å². The summed E-state index contributed by atoms with van der Waals surface area (Å²) in [4.78, 5) is 2.05. The van der Waals surface area contributed by atoms with Crippen LogP contribution in [-0.2, 0) is 0 Å². The van der Waals surface area contributed by atoms with Gasteiger partial charge in [0.1, 0.15) is 5.82 Å². The van der Waals surface area contributed by atoms with Crippen LogP contribution in [0.1, 0.15) is 24.9 Å². The Labute approximate surface area is 120 Å². The van der Waals surface area contributed by atoms with Crippen LogP contribution in [0.3, 0.4) is 0 Å². The molecule has 0 aliphatic rings. The lowest BCUT2D eigenvalue weighted by atomic mass is 10.0. The SMILES string of the molecule is CCC(NC)c1ccc(N(C)c2ccc(F)cc2)cc1. The van der Waals surface area contributed by atoms with Gasteiger partial charge >= 0.3 is 0 Å². The summed E-state index contributed by atoms with van der Waals surface area (Å²) in [6.45, 7) is 2.17. The quantitative estimate of drug-likeness (QED) is 0.874. The first-order valence-corrected chi connectivity index (χ1v) is 6.92. The minimum atomic E-state index is -0.211. The summed E-state index contributed by atoms with van der Waals surface area (Å²) in [5.41, 5.74) is 3.34. The van der Waals surface area contributed by atoms with E-state index in [0.29, 0.717) is 6.04 Å². The zero-order chi connectivity index (χ0) is 14.5. The van der Waals surface area contributed by atoms with Crippen LogP contribution >= 0.6 is 0 Å². The molecule has 106 valence electrons. The molecule has 0 aliphatic heterocycles. The maximum absolute atomic E-state index is 12.9. The van der Waals surface area contributed by atoms with E-state index in [-0.39, 0.29) is 5.82 Å². The Morgan fingerprint density at radius 1 is 1.00 bits per heavy atom. The van der Waals surface area contributed by atoms with Gasteiger partial charge in [0.25, 0.3) is 0 Å². The number of anilines is 2. The highest BCUT2D eigenvalue weighted by Gasteiger charge is 2.08. The molecule has 0 aliphatic carbocycles. The minimum absolute atomic E-state index is 0.211. The van der Waals surface area contributed by atoms with Crippen molar-refractivity contribution in [3.8, 4) is 0 Å². The van der Waals surface area contributed by atoms with Gasteiger partial charge in [0.2, 0.25) is 0 Å². The van der Waals surface area contributed by atoms with E-state index in [9.17, 15) is 4.39 Å². The van der Waals surface area contributed by atoms with Gasteiger partial charge in [0.15, 0.2) is 0 Å². The smallest absolute Gasteiger partial charge is 0.123 e. The van der Waals surface area contributed by atoms with E-state index in [1.165, 1.54) is 17.7 Å². The van der Waals surface area contributed by atoms with Crippen LogP contribution in [0.5, 0.6) is 0 Å². The number of nitrogens with zero attached hydrogens (tertiary/aromatic N) is 1. The van der Waals surface area contributed by atoms with E-state index in [2.05, 4.69) is 36.5 Å². The zero-order valence-electron chi connectivity index (χ0n) is 12.2. The standard InChI is InChI=1S/C17H21FN2/c1-4-17(19-2)13-5-9-15(10-6-13)20(3)16-11-7-14(18)8-12-16/h5-12,17,19H,4H2,1-3H3. The molecule has 3 heteroatoms. The van der Waals surface area contributed by atoms with Gasteiger partial charge in [-0.3, -0.25) is 0 Å². The first kappa shape index (κ1) is 14.5. The highest BCUT2D eigenvalue weighted by atomic mass is 19.1. The first-order chi connectivity index (χ1) is 9.65. The van der Waals surface area contributed by atoms with Crippen molar-refractivity contribution in [3.05, 3.63) is 59.9 Å². The fourth-order valence-corrected chi connectivity index (χ4v) is 2.35. The van der Waals surface area contributed by atoms with Crippen molar-refractivity contribution in [2.75, 3.05) is 19.0 Å². The monoisotopic (exact) mass is 272 g/mol. The normalized spacial score (nSPS) is 12.2. The van der Waals surface area contributed by atoms with Gasteiger partial charge in [-0.2, -0.15) is 0 Å². The molecule has 1 N–H and O–H groups in total. The molecular formula is C17H21FN2. The van der Waals surface area contributed by atoms with Crippen LogP contribution in [0.4, 0.5) is 15.8 Å². The molecule has 0 spiro atoms. The van der Waals surface area contributed by atoms with Crippen LogP contribution in [0.25, 0.3) is 0 Å². The van der Waals surface area contributed by atoms with Crippen molar-refractivity contribution < 1.29 is 4.39 Å². The first-order valence-electron chi connectivity index (χ1n) is 6.92. The van der Waals surface area contributed by atoms with Gasteiger partial charge < -0.3 is 10.2 Å². The third-order valence-corrected chi connectivity index (χ3v) is 3.65. The number of halogens is 1. The second kappa shape index (κ2) is 6.53. The molecule has 2 rings (SSSR count). The molecule has 0 saturated heterocycles. The largest absolute Gasteiger partial charge is 0.345 e. The highest BCUT2D eigenvalue weighted by molar-refractivity contribution is 5.62. The average Bonchev–Trinajstić information content (AvgIpc) is 2.49. The van der Waals surface area contributed by atoms with E-state index in [0.717, 1.165) is 17.8 Å². The lowest BCUT2D eigenvalue weighted by molar-refractivity contribution is 0.577. The maximum Gasteiger partial charge on any atom is 0.123 e. The summed E-state index contributed by atoms with van der Waals surface area (Å²) in [6.07, 6.45) is 1.06. The van der Waals surface area contributed by atoms with E-state index >= 15 is 0 Å². The highest BCUT2D eigenvalue weighted by Crippen LogP contribution is 2.25. The third kappa shape index (κ3) is 3.17. The van der Waals surface area contributed by atoms with Crippen LogP contribution in [0.15, 0.2) is 48.5 Å². The van der Waals surface area contributed by atoms with E-state index in [4.69, 9.17) is 0 Å². The van der Waals surface area contributed by atoms with Gasteiger partial charge in [0.05, 0.1) is 0 Å². The Morgan fingerprint density at radius 3 is 1.95 bits per heavy atom. The van der Waals surface area contributed by atoms with Gasteiger partial charge in [-0.25, -0.2) is 4.39 Å². The molecule has 0 heterocycles. The summed E-state index contributed by atoms with van der Waals surface area (Å²) in [5, 5.41) is 3.30. The molecular weight excluding hydrogens is 251 g/mol. The molecule has 20 heavy (non-hydrogen) atoms. The van der Waals surface area contributed by atoms with Crippen molar-refractivity contribution >= 4 is 11.4 Å². The summed E-state index contributed by atoms with van der Waals surface area (Å²) in [7, 11) is 3.96. The molecule has 1 atom stereocenters. The van der Waals surface area contributed by atoms with Crippen molar-refractivity contribution in [1.82, 2.24) is 5.32 Å². The van der Waals surface area contributed by atoms with Crippen molar-refractivity contribution in [1.29, 1.82) is 0 Å². The predicted molar refractivity (Wildman–Crippen MR) is 83.0 cm³/mol. The van der Waals surface area contributed by atoms with Crippen LogP contribution in [-0.4, -0.2) is 14.1 Å². The van der Waals surface area contributed by atoms with Crippen molar-refractivity contribution in [3.63, 3.8) is 0 Å². The molecule has 0 bridgehead atoms. The van der Waals surface area contributed by atoms with Gasteiger partial charge in [-0.05, 0) is 55.4 Å².